The highest BCUT2D eigenvalue weighted by molar-refractivity contribution is 5.70. The first-order valence-electron chi connectivity index (χ1n) is 4.90. The average Bonchev–Trinajstić information content (AvgIpc) is 2.60. The van der Waals surface area contributed by atoms with Gasteiger partial charge in [0.15, 0.2) is 12.0 Å². The number of unbranched alkanes of at least 4 members (excludes halogenated alkanes) is 3. The van der Waals surface area contributed by atoms with Gasteiger partial charge in [-0.2, -0.15) is 0 Å². The maximum Gasteiger partial charge on any atom is 0.185 e. The number of hydrogen-bond donors (Lipinski definition) is 0. The molecule has 0 unspecified atom stereocenters. The summed E-state index contributed by atoms with van der Waals surface area (Å²) >= 11 is 0. The van der Waals surface area contributed by atoms with Crippen molar-refractivity contribution in [2.45, 2.75) is 39.0 Å². The largest absolute Gasteiger partial charge is 0.458 e. The fourth-order valence-electron chi connectivity index (χ4n) is 1.32. The Balaban J connectivity index is 2.24. The van der Waals surface area contributed by atoms with Crippen LogP contribution in [0.2, 0.25) is 0 Å². The average molecular weight is 180 g/mol. The van der Waals surface area contributed by atoms with Crippen LogP contribution in [0, 0.1) is 0 Å². The Bertz CT molecular complexity index is 250. The van der Waals surface area contributed by atoms with Crippen LogP contribution < -0.4 is 0 Å². The lowest BCUT2D eigenvalue weighted by Crippen LogP contribution is -1.82. The van der Waals surface area contributed by atoms with Crippen molar-refractivity contribution in [1.82, 2.24) is 0 Å². The van der Waals surface area contributed by atoms with Gasteiger partial charge in [0, 0.05) is 6.42 Å². The molecule has 1 rings (SSSR count). The molecule has 0 amide bonds. The molecule has 0 spiro atoms. The summed E-state index contributed by atoms with van der Waals surface area (Å²) in [6.45, 7) is 2.19. The van der Waals surface area contributed by atoms with Gasteiger partial charge < -0.3 is 4.42 Å². The van der Waals surface area contributed by atoms with Crippen molar-refractivity contribution in [2.24, 2.45) is 0 Å². The zero-order valence-electron chi connectivity index (χ0n) is 8.08. The molecule has 0 aliphatic carbocycles. The van der Waals surface area contributed by atoms with Gasteiger partial charge in [-0.15, -0.1) is 0 Å². The predicted molar refractivity (Wildman–Crippen MR) is 51.9 cm³/mol. The van der Waals surface area contributed by atoms with E-state index in [2.05, 4.69) is 6.92 Å². The van der Waals surface area contributed by atoms with Gasteiger partial charge in [0.05, 0.1) is 0 Å². The number of hydrogen-bond acceptors (Lipinski definition) is 2. The molecule has 0 saturated heterocycles. The summed E-state index contributed by atoms with van der Waals surface area (Å²) in [7, 11) is 0. The Morgan fingerprint density at radius 2 is 2.15 bits per heavy atom. The van der Waals surface area contributed by atoms with Crippen LogP contribution in [-0.4, -0.2) is 6.29 Å². The first kappa shape index (κ1) is 10.0. The third-order valence-electron chi connectivity index (χ3n) is 2.08. The van der Waals surface area contributed by atoms with E-state index in [9.17, 15) is 4.79 Å². The van der Waals surface area contributed by atoms with Gasteiger partial charge in [-0.1, -0.05) is 26.2 Å². The highest BCUT2D eigenvalue weighted by Crippen LogP contribution is 2.10. The fraction of sp³-hybridized carbons (Fsp3) is 0.545. The van der Waals surface area contributed by atoms with E-state index in [-0.39, 0.29) is 0 Å². The van der Waals surface area contributed by atoms with E-state index < -0.39 is 0 Å². The van der Waals surface area contributed by atoms with E-state index in [1.54, 1.807) is 6.07 Å². The van der Waals surface area contributed by atoms with Crippen LogP contribution in [0.25, 0.3) is 0 Å². The lowest BCUT2D eigenvalue weighted by atomic mass is 10.1. The third-order valence-corrected chi connectivity index (χ3v) is 2.08. The van der Waals surface area contributed by atoms with Crippen LogP contribution in [-0.2, 0) is 6.42 Å². The van der Waals surface area contributed by atoms with Crippen molar-refractivity contribution in [1.29, 1.82) is 0 Å². The van der Waals surface area contributed by atoms with Gasteiger partial charge in [-0.3, -0.25) is 4.79 Å². The molecule has 0 aliphatic rings. The molecule has 0 fully saturated rings. The molecule has 0 N–H and O–H groups in total. The first-order valence-corrected chi connectivity index (χ1v) is 4.90. The van der Waals surface area contributed by atoms with E-state index in [1.807, 2.05) is 6.07 Å². The maximum absolute atomic E-state index is 10.3. The van der Waals surface area contributed by atoms with Crippen molar-refractivity contribution in [3.63, 3.8) is 0 Å². The SMILES string of the molecule is CCCCCCc1ccc(C=O)o1. The van der Waals surface area contributed by atoms with Crippen LogP contribution in [0.15, 0.2) is 16.5 Å². The summed E-state index contributed by atoms with van der Waals surface area (Å²) < 4.78 is 5.24. The highest BCUT2D eigenvalue weighted by Gasteiger charge is 1.99. The van der Waals surface area contributed by atoms with E-state index in [0.29, 0.717) is 5.76 Å². The zero-order chi connectivity index (χ0) is 9.52. The number of aldehydes is 1. The summed E-state index contributed by atoms with van der Waals surface area (Å²) in [5.74, 6) is 1.36. The molecule has 2 nitrogen and oxygen atoms in total. The van der Waals surface area contributed by atoms with Gasteiger partial charge in [0.1, 0.15) is 5.76 Å². The molecule has 1 aromatic rings. The van der Waals surface area contributed by atoms with Crippen molar-refractivity contribution in [3.05, 3.63) is 23.7 Å². The normalized spacial score (nSPS) is 10.2. The fourth-order valence-corrected chi connectivity index (χ4v) is 1.32. The molecule has 2 heteroatoms. The number of carbonyl (C=O) groups is 1. The van der Waals surface area contributed by atoms with Crippen molar-refractivity contribution in [2.75, 3.05) is 0 Å². The minimum absolute atomic E-state index is 0.436. The number of furan rings is 1. The van der Waals surface area contributed by atoms with E-state index in [1.165, 1.54) is 19.3 Å². The highest BCUT2D eigenvalue weighted by atomic mass is 16.3. The molecule has 13 heavy (non-hydrogen) atoms. The Kier molecular flexibility index (Phi) is 4.30. The van der Waals surface area contributed by atoms with Gasteiger partial charge in [0.25, 0.3) is 0 Å². The first-order chi connectivity index (χ1) is 6.36. The van der Waals surface area contributed by atoms with Crippen LogP contribution in [0.5, 0.6) is 0 Å². The summed E-state index contributed by atoms with van der Waals surface area (Å²) in [6.07, 6.45) is 6.62. The number of aryl methyl sites for hydroxylation is 1. The molecular weight excluding hydrogens is 164 g/mol. The Hall–Kier alpha value is -1.05. The van der Waals surface area contributed by atoms with Crippen molar-refractivity contribution in [3.8, 4) is 0 Å². The monoisotopic (exact) mass is 180 g/mol. The smallest absolute Gasteiger partial charge is 0.185 e. The second kappa shape index (κ2) is 5.57. The molecule has 0 radical (unpaired) electrons. The van der Waals surface area contributed by atoms with Crippen molar-refractivity contribution < 1.29 is 9.21 Å². The van der Waals surface area contributed by atoms with E-state index >= 15 is 0 Å². The summed E-state index contributed by atoms with van der Waals surface area (Å²) in [4.78, 5) is 10.3. The molecule has 0 atom stereocenters. The minimum Gasteiger partial charge on any atom is -0.458 e. The summed E-state index contributed by atoms with van der Waals surface area (Å²) in [5, 5.41) is 0. The molecule has 0 aliphatic heterocycles. The Morgan fingerprint density at radius 1 is 1.31 bits per heavy atom. The van der Waals surface area contributed by atoms with Crippen LogP contribution in [0.3, 0.4) is 0 Å². The summed E-state index contributed by atoms with van der Waals surface area (Å²) in [6, 6.07) is 3.61. The van der Waals surface area contributed by atoms with Gasteiger partial charge in [-0.25, -0.2) is 0 Å². The number of carbonyl (C=O) groups excluding carboxylic acids is 1. The van der Waals surface area contributed by atoms with Gasteiger partial charge >= 0.3 is 0 Å². The van der Waals surface area contributed by atoms with E-state index in [0.717, 1.165) is 24.9 Å². The topological polar surface area (TPSA) is 30.2 Å². The third kappa shape index (κ3) is 3.45. The van der Waals surface area contributed by atoms with Crippen LogP contribution in [0.4, 0.5) is 0 Å². The second-order valence-electron chi connectivity index (χ2n) is 3.23. The summed E-state index contributed by atoms with van der Waals surface area (Å²) in [5.41, 5.74) is 0. The quantitative estimate of drug-likeness (QED) is 0.497. The van der Waals surface area contributed by atoms with Crippen molar-refractivity contribution >= 4 is 6.29 Å². The lowest BCUT2D eigenvalue weighted by molar-refractivity contribution is 0.109. The molecular formula is C11H16O2. The van der Waals surface area contributed by atoms with Gasteiger partial charge in [-0.05, 0) is 18.6 Å². The molecule has 72 valence electrons. The molecule has 0 saturated carbocycles. The number of rotatable bonds is 6. The second-order valence-corrected chi connectivity index (χ2v) is 3.23. The Morgan fingerprint density at radius 3 is 2.77 bits per heavy atom. The zero-order valence-corrected chi connectivity index (χ0v) is 8.08. The molecule has 0 aromatic carbocycles. The predicted octanol–water partition coefficient (Wildman–Crippen LogP) is 3.21. The maximum atomic E-state index is 10.3. The standard InChI is InChI=1S/C11H16O2/c1-2-3-4-5-6-10-7-8-11(9-12)13-10/h7-9H,2-6H2,1H3. The lowest BCUT2D eigenvalue weighted by Gasteiger charge is -1.95. The van der Waals surface area contributed by atoms with Gasteiger partial charge in [0.2, 0.25) is 0 Å². The van der Waals surface area contributed by atoms with Crippen LogP contribution in [0.1, 0.15) is 48.9 Å². The van der Waals surface area contributed by atoms with E-state index in [4.69, 9.17) is 4.42 Å². The molecule has 1 heterocycles. The molecule has 1 aromatic heterocycles. The minimum atomic E-state index is 0.436. The Labute approximate surface area is 78.9 Å². The molecule has 0 bridgehead atoms. The van der Waals surface area contributed by atoms with Crippen LogP contribution >= 0.6 is 0 Å².